The third-order valence-corrected chi connectivity index (χ3v) is 3.54. The van der Waals surface area contributed by atoms with Gasteiger partial charge in [0.1, 0.15) is 11.5 Å². The van der Waals surface area contributed by atoms with E-state index in [0.717, 1.165) is 11.1 Å². The van der Waals surface area contributed by atoms with Gasteiger partial charge in [0, 0.05) is 6.07 Å². The molecular weight excluding hydrogens is 282 g/mol. The molecule has 0 aromatic heterocycles. The summed E-state index contributed by atoms with van der Waals surface area (Å²) in [5.41, 5.74) is 3.13. The van der Waals surface area contributed by atoms with Gasteiger partial charge in [0.05, 0.1) is 11.3 Å². The highest BCUT2D eigenvalue weighted by molar-refractivity contribution is 5.96. The van der Waals surface area contributed by atoms with Gasteiger partial charge in [-0.1, -0.05) is 6.07 Å². The van der Waals surface area contributed by atoms with Crippen LogP contribution in [0.1, 0.15) is 21.5 Å². The van der Waals surface area contributed by atoms with Gasteiger partial charge < -0.3 is 14.8 Å². The molecule has 1 aliphatic heterocycles. The zero-order valence-corrected chi connectivity index (χ0v) is 12.3. The average Bonchev–Trinajstić information content (AvgIpc) is 2.49. The van der Waals surface area contributed by atoms with E-state index in [4.69, 9.17) is 9.47 Å². The molecule has 1 amide bonds. The molecule has 2 aromatic rings. The molecule has 0 atom stereocenters. The van der Waals surface area contributed by atoms with Crippen molar-refractivity contribution in [2.75, 3.05) is 11.9 Å². The van der Waals surface area contributed by atoms with Crippen LogP contribution in [-0.4, -0.2) is 18.5 Å². The molecule has 1 N–H and O–H groups in total. The first kappa shape index (κ1) is 14.1. The molecule has 0 bridgehead atoms. The van der Waals surface area contributed by atoms with Crippen LogP contribution in [-0.2, 0) is 4.79 Å². The Balaban J connectivity index is 1.80. The molecule has 22 heavy (non-hydrogen) atoms. The van der Waals surface area contributed by atoms with Gasteiger partial charge in [0.2, 0.25) is 0 Å². The van der Waals surface area contributed by atoms with Gasteiger partial charge in [-0.25, -0.2) is 4.79 Å². The number of hydrogen-bond acceptors (Lipinski definition) is 4. The highest BCUT2D eigenvalue weighted by atomic mass is 16.5. The lowest BCUT2D eigenvalue weighted by Gasteiger charge is -2.18. The molecule has 2 aromatic carbocycles. The smallest absolute Gasteiger partial charge is 0.343 e. The van der Waals surface area contributed by atoms with Crippen molar-refractivity contribution in [2.24, 2.45) is 0 Å². The van der Waals surface area contributed by atoms with Crippen molar-refractivity contribution in [3.8, 4) is 11.5 Å². The third kappa shape index (κ3) is 2.79. The lowest BCUT2D eigenvalue weighted by Crippen LogP contribution is -2.25. The van der Waals surface area contributed by atoms with Crippen LogP contribution < -0.4 is 14.8 Å². The zero-order chi connectivity index (χ0) is 15.7. The molecule has 5 heteroatoms. The first-order valence-corrected chi connectivity index (χ1v) is 6.89. The van der Waals surface area contributed by atoms with Gasteiger partial charge in [-0.15, -0.1) is 0 Å². The number of nitrogens with one attached hydrogen (secondary N) is 1. The number of ether oxygens (including phenoxy) is 2. The standard InChI is InChI=1S/C17H15NO4/c1-10-3-4-12(7-11(10)2)17(20)22-13-5-6-15-14(8-13)18-16(19)9-21-15/h3-8H,9H2,1-2H3,(H,18,19). The van der Waals surface area contributed by atoms with Crippen molar-refractivity contribution in [3.05, 3.63) is 53.1 Å². The summed E-state index contributed by atoms with van der Waals surface area (Å²) < 4.78 is 10.6. The Labute approximate surface area is 127 Å². The van der Waals surface area contributed by atoms with Crippen molar-refractivity contribution >= 4 is 17.6 Å². The SMILES string of the molecule is Cc1ccc(C(=O)Oc2ccc3c(c2)NC(=O)CO3)cc1C. The second kappa shape index (κ2) is 5.52. The third-order valence-electron chi connectivity index (χ3n) is 3.54. The van der Waals surface area contributed by atoms with Crippen molar-refractivity contribution in [3.63, 3.8) is 0 Å². The summed E-state index contributed by atoms with van der Waals surface area (Å²) in [7, 11) is 0. The van der Waals surface area contributed by atoms with Crippen molar-refractivity contribution in [2.45, 2.75) is 13.8 Å². The number of carbonyl (C=O) groups excluding carboxylic acids is 2. The molecule has 0 spiro atoms. The van der Waals surface area contributed by atoms with Crippen LogP contribution in [0.2, 0.25) is 0 Å². The van der Waals surface area contributed by atoms with Gasteiger partial charge in [0.25, 0.3) is 5.91 Å². The minimum Gasteiger partial charge on any atom is -0.482 e. The highest BCUT2D eigenvalue weighted by Crippen LogP contribution is 2.31. The number of amides is 1. The molecule has 0 saturated carbocycles. The van der Waals surface area contributed by atoms with Crippen molar-refractivity contribution < 1.29 is 19.1 Å². The van der Waals surface area contributed by atoms with Gasteiger partial charge in [-0.2, -0.15) is 0 Å². The Bertz CT molecular complexity index is 767. The minimum atomic E-state index is -0.439. The summed E-state index contributed by atoms with van der Waals surface area (Å²) in [4.78, 5) is 23.5. The number of rotatable bonds is 2. The quantitative estimate of drug-likeness (QED) is 0.684. The van der Waals surface area contributed by atoms with Crippen molar-refractivity contribution in [1.29, 1.82) is 0 Å². The molecule has 0 fully saturated rings. The van der Waals surface area contributed by atoms with E-state index in [1.54, 1.807) is 30.3 Å². The monoisotopic (exact) mass is 297 g/mol. The van der Waals surface area contributed by atoms with E-state index in [0.29, 0.717) is 22.7 Å². The van der Waals surface area contributed by atoms with Crippen LogP contribution in [0.3, 0.4) is 0 Å². The summed E-state index contributed by atoms with van der Waals surface area (Å²) in [5, 5.41) is 2.67. The summed E-state index contributed by atoms with van der Waals surface area (Å²) >= 11 is 0. The van der Waals surface area contributed by atoms with Crippen LogP contribution in [0.15, 0.2) is 36.4 Å². The largest absolute Gasteiger partial charge is 0.482 e. The first-order valence-electron chi connectivity index (χ1n) is 6.89. The molecule has 0 unspecified atom stereocenters. The van der Waals surface area contributed by atoms with E-state index >= 15 is 0 Å². The predicted octanol–water partition coefficient (Wildman–Crippen LogP) is 2.85. The number of esters is 1. The van der Waals surface area contributed by atoms with Crippen LogP contribution >= 0.6 is 0 Å². The van der Waals surface area contributed by atoms with E-state index in [2.05, 4.69) is 5.32 Å². The van der Waals surface area contributed by atoms with E-state index in [-0.39, 0.29) is 12.5 Å². The molecule has 0 saturated heterocycles. The fourth-order valence-corrected chi connectivity index (χ4v) is 2.16. The summed E-state index contributed by atoms with van der Waals surface area (Å²) in [5.74, 6) is 0.245. The number of benzene rings is 2. The number of anilines is 1. The van der Waals surface area contributed by atoms with Crippen LogP contribution in [0.25, 0.3) is 0 Å². The van der Waals surface area contributed by atoms with Gasteiger partial charge in [-0.3, -0.25) is 4.79 Å². The molecule has 0 radical (unpaired) electrons. The second-order valence-electron chi connectivity index (χ2n) is 5.18. The van der Waals surface area contributed by atoms with E-state index in [1.807, 2.05) is 19.9 Å². The molecule has 1 heterocycles. The van der Waals surface area contributed by atoms with Gasteiger partial charge in [-0.05, 0) is 49.2 Å². The summed E-state index contributed by atoms with van der Waals surface area (Å²) in [6, 6.07) is 10.3. The maximum atomic E-state index is 12.2. The Kier molecular flexibility index (Phi) is 3.55. The highest BCUT2D eigenvalue weighted by Gasteiger charge is 2.17. The van der Waals surface area contributed by atoms with Gasteiger partial charge >= 0.3 is 5.97 Å². The average molecular weight is 297 g/mol. The lowest BCUT2D eigenvalue weighted by atomic mass is 10.1. The maximum absolute atomic E-state index is 12.2. The zero-order valence-electron chi connectivity index (χ0n) is 12.3. The molecule has 112 valence electrons. The number of hydrogen-bond donors (Lipinski definition) is 1. The van der Waals surface area contributed by atoms with E-state index in [9.17, 15) is 9.59 Å². The molecule has 5 nitrogen and oxygen atoms in total. The van der Waals surface area contributed by atoms with E-state index in [1.165, 1.54) is 0 Å². The van der Waals surface area contributed by atoms with Gasteiger partial charge in [0.15, 0.2) is 6.61 Å². The Morgan fingerprint density at radius 3 is 2.73 bits per heavy atom. The Hall–Kier alpha value is -2.82. The first-order chi connectivity index (χ1) is 10.5. The van der Waals surface area contributed by atoms with Crippen LogP contribution in [0.4, 0.5) is 5.69 Å². The molecule has 1 aliphatic rings. The lowest BCUT2D eigenvalue weighted by molar-refractivity contribution is -0.118. The maximum Gasteiger partial charge on any atom is 0.343 e. The minimum absolute atomic E-state index is 0.00518. The fraction of sp³-hybridized carbons (Fsp3) is 0.176. The summed E-state index contributed by atoms with van der Waals surface area (Å²) in [6.07, 6.45) is 0. The fourth-order valence-electron chi connectivity index (χ4n) is 2.16. The topological polar surface area (TPSA) is 64.6 Å². The number of aryl methyl sites for hydroxylation is 2. The predicted molar refractivity (Wildman–Crippen MR) is 81.4 cm³/mol. The Morgan fingerprint density at radius 2 is 1.95 bits per heavy atom. The second-order valence-corrected chi connectivity index (χ2v) is 5.18. The molecular formula is C17H15NO4. The normalized spacial score (nSPS) is 12.9. The molecule has 3 rings (SSSR count). The van der Waals surface area contributed by atoms with Crippen LogP contribution in [0, 0.1) is 13.8 Å². The van der Waals surface area contributed by atoms with Crippen molar-refractivity contribution in [1.82, 2.24) is 0 Å². The number of fused-ring (bicyclic) bond motifs is 1. The number of carbonyl (C=O) groups is 2. The van der Waals surface area contributed by atoms with E-state index < -0.39 is 5.97 Å². The van der Waals surface area contributed by atoms with Crippen LogP contribution in [0.5, 0.6) is 11.5 Å². The Morgan fingerprint density at radius 1 is 1.14 bits per heavy atom. The molecule has 0 aliphatic carbocycles. The summed E-state index contributed by atoms with van der Waals surface area (Å²) in [6.45, 7) is 3.92.